The number of aromatic amines is 1. The van der Waals surface area contributed by atoms with E-state index in [1.165, 1.54) is 6.07 Å². The second-order valence-electron chi connectivity index (χ2n) is 2.01. The van der Waals surface area contributed by atoms with Crippen LogP contribution in [-0.4, -0.2) is 4.98 Å². The Morgan fingerprint density at radius 3 is 2.42 bits per heavy atom. The first-order chi connectivity index (χ1) is 5.52. The zero-order chi connectivity index (χ0) is 9.30. The standard InChI is InChI=1S/C6H3F2I2NO/c7-5(8)4-2(9)1-3(10)11-6(4)12/h1,5H,(H,11,12). The number of nitrogens with one attached hydrogen (secondary N) is 1. The highest BCUT2D eigenvalue weighted by molar-refractivity contribution is 14.1. The molecule has 1 aromatic rings. The van der Waals surface area contributed by atoms with Crippen molar-refractivity contribution in [3.63, 3.8) is 0 Å². The van der Waals surface area contributed by atoms with Gasteiger partial charge in [-0.05, 0) is 51.2 Å². The van der Waals surface area contributed by atoms with Gasteiger partial charge in [-0.25, -0.2) is 8.78 Å². The average molecular weight is 397 g/mol. The number of hydrogen-bond acceptors (Lipinski definition) is 1. The maximum absolute atomic E-state index is 12.2. The first kappa shape index (κ1) is 10.4. The van der Waals surface area contributed by atoms with Gasteiger partial charge in [-0.15, -0.1) is 0 Å². The Balaban J connectivity index is 3.39. The van der Waals surface area contributed by atoms with E-state index in [1.807, 2.05) is 22.6 Å². The monoisotopic (exact) mass is 397 g/mol. The average Bonchev–Trinajstić information content (AvgIpc) is 1.82. The van der Waals surface area contributed by atoms with Gasteiger partial charge in [-0.1, -0.05) is 0 Å². The molecule has 1 aromatic heterocycles. The Kier molecular flexibility index (Phi) is 3.44. The van der Waals surface area contributed by atoms with Crippen LogP contribution in [0, 0.1) is 7.27 Å². The van der Waals surface area contributed by atoms with Crippen molar-refractivity contribution in [3.8, 4) is 0 Å². The summed E-state index contributed by atoms with van der Waals surface area (Å²) in [4.78, 5) is 13.3. The van der Waals surface area contributed by atoms with Crippen LogP contribution in [0.3, 0.4) is 0 Å². The molecule has 1 rings (SSSR count). The van der Waals surface area contributed by atoms with E-state index in [0.29, 0.717) is 7.27 Å². The van der Waals surface area contributed by atoms with Crippen LogP contribution in [-0.2, 0) is 0 Å². The van der Waals surface area contributed by atoms with Gasteiger partial charge >= 0.3 is 0 Å². The molecule has 0 saturated carbocycles. The molecule has 0 spiro atoms. The highest BCUT2D eigenvalue weighted by atomic mass is 127. The summed E-state index contributed by atoms with van der Waals surface area (Å²) in [6.45, 7) is 0. The third kappa shape index (κ3) is 2.15. The molecule has 0 bridgehead atoms. The third-order valence-corrected chi connectivity index (χ3v) is 2.68. The lowest BCUT2D eigenvalue weighted by Gasteiger charge is -2.01. The van der Waals surface area contributed by atoms with Gasteiger partial charge in [0.15, 0.2) is 0 Å². The topological polar surface area (TPSA) is 32.9 Å². The van der Waals surface area contributed by atoms with Crippen LogP contribution in [0.4, 0.5) is 8.78 Å². The van der Waals surface area contributed by atoms with Gasteiger partial charge in [0, 0.05) is 3.57 Å². The Morgan fingerprint density at radius 1 is 1.42 bits per heavy atom. The van der Waals surface area contributed by atoms with Crippen LogP contribution < -0.4 is 5.56 Å². The van der Waals surface area contributed by atoms with E-state index in [4.69, 9.17) is 0 Å². The number of H-pyrrole nitrogens is 1. The molecule has 12 heavy (non-hydrogen) atoms. The maximum Gasteiger partial charge on any atom is 0.270 e. The number of rotatable bonds is 1. The normalized spacial score (nSPS) is 10.8. The SMILES string of the molecule is O=c1[nH]c(I)cc(I)c1C(F)F. The van der Waals surface area contributed by atoms with Crippen molar-refractivity contribution >= 4 is 45.2 Å². The molecule has 1 N–H and O–H groups in total. The Hall–Kier alpha value is 0.270. The van der Waals surface area contributed by atoms with E-state index >= 15 is 0 Å². The van der Waals surface area contributed by atoms with E-state index in [0.717, 1.165) is 0 Å². The summed E-state index contributed by atoms with van der Waals surface area (Å²) >= 11 is 3.59. The van der Waals surface area contributed by atoms with Crippen LogP contribution >= 0.6 is 45.2 Å². The Bertz CT molecular complexity index is 350. The molecule has 6 heteroatoms. The summed E-state index contributed by atoms with van der Waals surface area (Å²) in [5.41, 5.74) is -1.16. The van der Waals surface area contributed by atoms with E-state index in [-0.39, 0.29) is 0 Å². The zero-order valence-corrected chi connectivity index (χ0v) is 9.89. The zero-order valence-electron chi connectivity index (χ0n) is 5.57. The number of hydrogen-bond donors (Lipinski definition) is 1. The van der Waals surface area contributed by atoms with Crippen molar-refractivity contribution in [1.29, 1.82) is 0 Å². The van der Waals surface area contributed by atoms with Gasteiger partial charge in [0.25, 0.3) is 12.0 Å². The number of halogens is 4. The molecule has 0 fully saturated rings. The predicted molar refractivity (Wildman–Crippen MR) is 57.5 cm³/mol. The molecular formula is C6H3F2I2NO. The van der Waals surface area contributed by atoms with Gasteiger partial charge in [0.2, 0.25) is 0 Å². The summed E-state index contributed by atoms with van der Waals surface area (Å²) in [7, 11) is 0. The molecular weight excluding hydrogens is 394 g/mol. The summed E-state index contributed by atoms with van der Waals surface area (Å²) < 4.78 is 25.2. The molecule has 0 aliphatic carbocycles. The fourth-order valence-corrected chi connectivity index (χ4v) is 2.66. The molecule has 0 amide bonds. The number of alkyl halides is 2. The van der Waals surface area contributed by atoms with Crippen molar-refractivity contribution in [3.05, 3.63) is 29.3 Å². The van der Waals surface area contributed by atoms with Crippen LogP contribution in [0.15, 0.2) is 10.9 Å². The van der Waals surface area contributed by atoms with Crippen LogP contribution in [0.5, 0.6) is 0 Å². The molecule has 0 unspecified atom stereocenters. The van der Waals surface area contributed by atoms with Gasteiger partial charge in [-0.3, -0.25) is 4.79 Å². The highest BCUT2D eigenvalue weighted by Crippen LogP contribution is 2.21. The minimum absolute atomic E-state index is 0.302. The second-order valence-corrected chi connectivity index (χ2v) is 4.33. The molecule has 66 valence electrons. The molecule has 0 aromatic carbocycles. The lowest BCUT2D eigenvalue weighted by molar-refractivity contribution is 0.148. The Morgan fingerprint density at radius 2 is 2.00 bits per heavy atom. The summed E-state index contributed by atoms with van der Waals surface area (Å²) in [6, 6.07) is 1.50. The predicted octanol–water partition coefficient (Wildman–Crippen LogP) is 2.52. The minimum atomic E-state index is -2.71. The second kappa shape index (κ2) is 3.99. The number of aromatic nitrogens is 1. The first-order valence-electron chi connectivity index (χ1n) is 2.88. The van der Waals surface area contributed by atoms with Crippen LogP contribution in [0.1, 0.15) is 12.0 Å². The van der Waals surface area contributed by atoms with E-state index < -0.39 is 17.5 Å². The van der Waals surface area contributed by atoms with Gasteiger partial charge in [-0.2, -0.15) is 0 Å². The molecule has 1 heterocycles. The molecule has 0 saturated heterocycles. The van der Waals surface area contributed by atoms with Crippen molar-refractivity contribution in [1.82, 2.24) is 4.98 Å². The summed E-state index contributed by atoms with van der Waals surface area (Å²) in [6.07, 6.45) is -2.71. The highest BCUT2D eigenvalue weighted by Gasteiger charge is 2.16. The maximum atomic E-state index is 12.2. The lowest BCUT2D eigenvalue weighted by atomic mass is 10.3. The van der Waals surface area contributed by atoms with Gasteiger partial charge in [0.05, 0.1) is 9.26 Å². The van der Waals surface area contributed by atoms with Crippen LogP contribution in [0.25, 0.3) is 0 Å². The molecule has 0 aliphatic heterocycles. The fourth-order valence-electron chi connectivity index (χ4n) is 0.713. The molecule has 0 radical (unpaired) electrons. The first-order valence-corrected chi connectivity index (χ1v) is 5.04. The number of pyridine rings is 1. The molecule has 0 atom stereocenters. The minimum Gasteiger partial charge on any atom is -0.317 e. The summed E-state index contributed by atoms with van der Waals surface area (Å²) in [5, 5.41) is 0. The molecule has 2 nitrogen and oxygen atoms in total. The van der Waals surface area contributed by atoms with Gasteiger partial charge < -0.3 is 4.98 Å². The largest absolute Gasteiger partial charge is 0.317 e. The quantitative estimate of drug-likeness (QED) is 0.574. The van der Waals surface area contributed by atoms with Crippen molar-refractivity contribution in [2.75, 3.05) is 0 Å². The van der Waals surface area contributed by atoms with Crippen molar-refractivity contribution in [2.45, 2.75) is 6.43 Å². The molecule has 0 aliphatic rings. The third-order valence-electron chi connectivity index (χ3n) is 1.21. The summed E-state index contributed by atoms with van der Waals surface area (Å²) in [5.74, 6) is 0. The lowest BCUT2D eigenvalue weighted by Crippen LogP contribution is -2.15. The van der Waals surface area contributed by atoms with Crippen molar-refractivity contribution < 1.29 is 8.78 Å². The van der Waals surface area contributed by atoms with Gasteiger partial charge in [0.1, 0.15) is 0 Å². The smallest absolute Gasteiger partial charge is 0.270 e. The van der Waals surface area contributed by atoms with Crippen LogP contribution in [0.2, 0.25) is 0 Å². The van der Waals surface area contributed by atoms with E-state index in [9.17, 15) is 13.6 Å². The van der Waals surface area contributed by atoms with E-state index in [2.05, 4.69) is 4.98 Å². The fraction of sp³-hybridized carbons (Fsp3) is 0.167. The van der Waals surface area contributed by atoms with Crippen molar-refractivity contribution in [2.24, 2.45) is 0 Å². The van der Waals surface area contributed by atoms with E-state index in [1.54, 1.807) is 22.6 Å². The Labute approximate surface area is 94.0 Å².